The normalized spacial score (nSPS) is 12.9. The van der Waals surface area contributed by atoms with E-state index in [-0.39, 0.29) is 11.3 Å². The Kier molecular flexibility index (Phi) is 4.71. The lowest BCUT2D eigenvalue weighted by Gasteiger charge is -2.18. The highest BCUT2D eigenvalue weighted by Crippen LogP contribution is 2.39. The summed E-state index contributed by atoms with van der Waals surface area (Å²) >= 11 is 1.56. The highest BCUT2D eigenvalue weighted by molar-refractivity contribution is 7.16. The van der Waals surface area contributed by atoms with E-state index >= 15 is 0 Å². The van der Waals surface area contributed by atoms with Gasteiger partial charge in [-0.25, -0.2) is 4.98 Å². The van der Waals surface area contributed by atoms with Gasteiger partial charge in [0.15, 0.2) is 5.13 Å². The van der Waals surface area contributed by atoms with E-state index < -0.39 is 0 Å². The number of fused-ring (bicyclic) bond motifs is 3. The van der Waals surface area contributed by atoms with Gasteiger partial charge in [-0.15, -0.1) is 11.3 Å². The predicted molar refractivity (Wildman–Crippen MR) is 115 cm³/mol. The number of aryl methyl sites for hydroxylation is 2. The van der Waals surface area contributed by atoms with Gasteiger partial charge in [0.25, 0.3) is 5.91 Å². The number of thiazole rings is 1. The molecule has 28 heavy (non-hydrogen) atoms. The number of amides is 1. The van der Waals surface area contributed by atoms with Gasteiger partial charge >= 0.3 is 0 Å². The maximum atomic E-state index is 12.7. The minimum atomic E-state index is -0.124. The third kappa shape index (κ3) is 3.54. The highest BCUT2D eigenvalue weighted by atomic mass is 32.1. The summed E-state index contributed by atoms with van der Waals surface area (Å²) in [6.07, 6.45) is 1.90. The molecular weight excluding hydrogens is 368 g/mol. The average molecular weight is 393 g/mol. The van der Waals surface area contributed by atoms with Gasteiger partial charge in [0.2, 0.25) is 0 Å². The molecule has 0 saturated carbocycles. The molecule has 1 aromatic heterocycles. The number of carbonyl (C=O) groups excluding carboxylic acids is 1. The molecule has 0 radical (unpaired) electrons. The highest BCUT2D eigenvalue weighted by Gasteiger charge is 2.22. The van der Waals surface area contributed by atoms with Crippen LogP contribution in [0.5, 0.6) is 5.75 Å². The molecule has 1 heterocycles. The number of hydrogen-bond donors (Lipinski definition) is 1. The van der Waals surface area contributed by atoms with Crippen LogP contribution in [0.1, 0.15) is 47.1 Å². The van der Waals surface area contributed by atoms with Crippen molar-refractivity contribution in [3.63, 3.8) is 0 Å². The van der Waals surface area contributed by atoms with Gasteiger partial charge in [-0.2, -0.15) is 0 Å². The fourth-order valence-corrected chi connectivity index (χ4v) is 4.43. The van der Waals surface area contributed by atoms with Crippen molar-refractivity contribution in [3.05, 3.63) is 64.0 Å². The fourth-order valence-electron chi connectivity index (χ4n) is 3.46. The van der Waals surface area contributed by atoms with Crippen molar-refractivity contribution in [1.82, 2.24) is 4.98 Å². The summed E-state index contributed by atoms with van der Waals surface area (Å²) in [5.41, 5.74) is 5.28. The summed E-state index contributed by atoms with van der Waals surface area (Å²) in [5.74, 6) is 0.742. The number of rotatable bonds is 3. The molecule has 0 fully saturated rings. The maximum Gasteiger partial charge on any atom is 0.257 e. The third-order valence-electron chi connectivity index (χ3n) is 5.12. The standard InChI is InChI=1S/C23H24N2O2S/c1-23(2,3)16-8-5-14(6-9-16)21(26)25-22-24-20-18-11-10-17(27-4)13-15(18)7-12-19(20)28-22/h5-6,8-11,13H,7,12H2,1-4H3,(H,24,25,26). The van der Waals surface area contributed by atoms with Crippen LogP contribution in [0.15, 0.2) is 42.5 Å². The summed E-state index contributed by atoms with van der Waals surface area (Å²) in [6.45, 7) is 6.49. The topological polar surface area (TPSA) is 51.2 Å². The van der Waals surface area contributed by atoms with Crippen molar-refractivity contribution in [3.8, 4) is 17.0 Å². The zero-order valence-corrected chi connectivity index (χ0v) is 17.4. The molecule has 1 aliphatic rings. The molecule has 4 nitrogen and oxygen atoms in total. The van der Waals surface area contributed by atoms with E-state index in [9.17, 15) is 4.79 Å². The Bertz CT molecular complexity index is 1030. The minimum absolute atomic E-state index is 0.0689. The van der Waals surface area contributed by atoms with Crippen molar-refractivity contribution in [2.75, 3.05) is 12.4 Å². The number of aromatic nitrogens is 1. The molecule has 0 unspecified atom stereocenters. The van der Waals surface area contributed by atoms with E-state index in [1.54, 1.807) is 18.4 Å². The van der Waals surface area contributed by atoms with Gasteiger partial charge in [-0.3, -0.25) is 10.1 Å². The quantitative estimate of drug-likeness (QED) is 0.643. The maximum absolute atomic E-state index is 12.7. The molecule has 5 heteroatoms. The lowest BCUT2D eigenvalue weighted by molar-refractivity contribution is 0.102. The lowest BCUT2D eigenvalue weighted by Crippen LogP contribution is -2.14. The smallest absolute Gasteiger partial charge is 0.257 e. The number of carbonyl (C=O) groups is 1. The molecule has 1 N–H and O–H groups in total. The number of nitrogens with zero attached hydrogens (tertiary/aromatic N) is 1. The van der Waals surface area contributed by atoms with E-state index in [1.807, 2.05) is 30.3 Å². The lowest BCUT2D eigenvalue weighted by atomic mass is 9.87. The van der Waals surface area contributed by atoms with Crippen LogP contribution in [0.4, 0.5) is 5.13 Å². The van der Waals surface area contributed by atoms with Crippen molar-refractivity contribution < 1.29 is 9.53 Å². The van der Waals surface area contributed by atoms with E-state index in [1.165, 1.54) is 16.0 Å². The van der Waals surface area contributed by atoms with Crippen LogP contribution in [-0.2, 0) is 18.3 Å². The van der Waals surface area contributed by atoms with Crippen LogP contribution in [0, 0.1) is 0 Å². The molecule has 0 spiro atoms. The minimum Gasteiger partial charge on any atom is -0.497 e. The van der Waals surface area contributed by atoms with E-state index in [0.29, 0.717) is 10.7 Å². The van der Waals surface area contributed by atoms with E-state index in [0.717, 1.165) is 29.8 Å². The van der Waals surface area contributed by atoms with Crippen LogP contribution in [0.25, 0.3) is 11.3 Å². The van der Waals surface area contributed by atoms with Crippen LogP contribution < -0.4 is 10.1 Å². The first-order valence-corrected chi connectivity index (χ1v) is 10.3. The number of anilines is 1. The second-order valence-corrected chi connectivity index (χ2v) is 9.18. The molecule has 144 valence electrons. The van der Waals surface area contributed by atoms with Crippen molar-refractivity contribution in [1.29, 1.82) is 0 Å². The molecule has 1 amide bonds. The van der Waals surface area contributed by atoms with Crippen molar-refractivity contribution in [2.24, 2.45) is 0 Å². The average Bonchev–Trinajstić information content (AvgIpc) is 3.09. The Hall–Kier alpha value is -2.66. The van der Waals surface area contributed by atoms with Crippen LogP contribution in [0.3, 0.4) is 0 Å². The number of nitrogens with one attached hydrogen (secondary N) is 1. The van der Waals surface area contributed by atoms with Gasteiger partial charge < -0.3 is 4.74 Å². The second-order valence-electron chi connectivity index (χ2n) is 8.10. The molecule has 0 atom stereocenters. The molecule has 3 aromatic rings. The molecule has 0 saturated heterocycles. The molecule has 1 aliphatic carbocycles. The Labute approximate surface area is 169 Å². The first-order valence-electron chi connectivity index (χ1n) is 9.44. The Morgan fingerprint density at radius 1 is 1.11 bits per heavy atom. The summed E-state index contributed by atoms with van der Waals surface area (Å²) in [7, 11) is 1.68. The second kappa shape index (κ2) is 7.06. The molecular formula is C23H24N2O2S. The Morgan fingerprint density at radius 2 is 1.86 bits per heavy atom. The SMILES string of the molecule is COc1ccc2c(c1)CCc1sc(NC(=O)c3ccc(C(C)(C)C)cc3)nc1-2. The number of benzene rings is 2. The van der Waals surface area contributed by atoms with Gasteiger partial charge in [-0.05, 0) is 59.7 Å². The van der Waals surface area contributed by atoms with Gasteiger partial charge in [0.05, 0.1) is 12.8 Å². The summed E-state index contributed by atoms with van der Waals surface area (Å²) in [5, 5.41) is 3.62. The largest absolute Gasteiger partial charge is 0.497 e. The zero-order valence-electron chi connectivity index (χ0n) is 16.6. The third-order valence-corrected chi connectivity index (χ3v) is 6.15. The zero-order chi connectivity index (χ0) is 19.9. The van der Waals surface area contributed by atoms with Crippen molar-refractivity contribution in [2.45, 2.75) is 39.0 Å². The first-order chi connectivity index (χ1) is 13.3. The monoisotopic (exact) mass is 392 g/mol. The van der Waals surface area contributed by atoms with Crippen LogP contribution >= 0.6 is 11.3 Å². The predicted octanol–water partition coefficient (Wildman–Crippen LogP) is 5.47. The van der Waals surface area contributed by atoms with E-state index in [4.69, 9.17) is 9.72 Å². The van der Waals surface area contributed by atoms with E-state index in [2.05, 4.69) is 38.2 Å². The van der Waals surface area contributed by atoms with Crippen molar-refractivity contribution >= 4 is 22.4 Å². The van der Waals surface area contributed by atoms with Crippen LogP contribution in [0.2, 0.25) is 0 Å². The molecule has 0 aliphatic heterocycles. The van der Waals surface area contributed by atoms with Gasteiger partial charge in [0.1, 0.15) is 5.75 Å². The molecule has 2 aromatic carbocycles. The summed E-state index contributed by atoms with van der Waals surface area (Å²) in [4.78, 5) is 18.6. The van der Waals surface area contributed by atoms with Gasteiger partial charge in [-0.1, -0.05) is 32.9 Å². The van der Waals surface area contributed by atoms with Crippen LogP contribution in [-0.4, -0.2) is 18.0 Å². The number of ether oxygens (including phenoxy) is 1. The molecule has 4 rings (SSSR count). The Morgan fingerprint density at radius 3 is 2.54 bits per heavy atom. The Balaban J connectivity index is 1.55. The number of methoxy groups -OCH3 is 1. The number of hydrogen-bond acceptors (Lipinski definition) is 4. The molecule has 0 bridgehead atoms. The first kappa shape index (κ1) is 18.7. The summed E-state index contributed by atoms with van der Waals surface area (Å²) < 4.78 is 5.33. The van der Waals surface area contributed by atoms with Gasteiger partial charge in [0, 0.05) is 16.0 Å². The summed E-state index contributed by atoms with van der Waals surface area (Å²) in [6, 6.07) is 13.9. The fraction of sp³-hybridized carbons (Fsp3) is 0.304.